The van der Waals surface area contributed by atoms with E-state index in [1.807, 2.05) is 64.5 Å². The van der Waals surface area contributed by atoms with Gasteiger partial charge in [-0.15, -0.1) is 0 Å². The molecule has 47 heavy (non-hydrogen) atoms. The van der Waals surface area contributed by atoms with Crippen LogP contribution in [-0.4, -0.2) is 52.7 Å². The van der Waals surface area contributed by atoms with E-state index in [-0.39, 0.29) is 70.5 Å². The van der Waals surface area contributed by atoms with Crippen LogP contribution in [0.5, 0.6) is 0 Å². The van der Waals surface area contributed by atoms with Crippen molar-refractivity contribution in [3.8, 4) is 22.5 Å². The zero-order valence-electron chi connectivity index (χ0n) is 28.4. The fourth-order valence-corrected chi connectivity index (χ4v) is 6.99. The van der Waals surface area contributed by atoms with Crippen LogP contribution < -0.4 is 62.7 Å². The van der Waals surface area contributed by atoms with E-state index in [4.69, 9.17) is 19.3 Å². The molecule has 242 valence electrons. The van der Waals surface area contributed by atoms with E-state index in [1.54, 1.807) is 0 Å². The summed E-state index contributed by atoms with van der Waals surface area (Å²) >= 11 is 0. The fourth-order valence-electron chi connectivity index (χ4n) is 6.99. The van der Waals surface area contributed by atoms with Gasteiger partial charge in [0.2, 0.25) is 5.78 Å². The van der Waals surface area contributed by atoms with Crippen LogP contribution in [0, 0.1) is 6.92 Å². The van der Waals surface area contributed by atoms with Crippen molar-refractivity contribution in [2.45, 2.75) is 95.8 Å². The van der Waals surface area contributed by atoms with E-state index < -0.39 is 11.4 Å². The van der Waals surface area contributed by atoms with Crippen molar-refractivity contribution in [1.29, 1.82) is 0 Å². The second-order valence-electron chi connectivity index (χ2n) is 12.9. The third kappa shape index (κ3) is 7.05. The van der Waals surface area contributed by atoms with Gasteiger partial charge in [0.05, 0.1) is 24.0 Å². The van der Waals surface area contributed by atoms with E-state index in [1.165, 1.54) is 0 Å². The van der Waals surface area contributed by atoms with Crippen molar-refractivity contribution in [2.24, 2.45) is 0 Å². The van der Waals surface area contributed by atoms with E-state index in [0.717, 1.165) is 91.3 Å². The van der Waals surface area contributed by atoms with Crippen LogP contribution in [0.4, 0.5) is 0 Å². The second kappa shape index (κ2) is 14.4. The Hall–Kier alpha value is -2.71. The number of H-pyrrole nitrogens is 1. The maximum absolute atomic E-state index is 14.4. The van der Waals surface area contributed by atoms with Crippen molar-refractivity contribution >= 4 is 5.78 Å². The first kappa shape index (κ1) is 34.2. The number of benzene rings is 2. The standard InChI is InChI=1S/C35H40N6O5.K.H/c1-3-7-30-29(20-23-10-12-24(13-11-23)27-8-4-5-9-28(27)31-37-34(43)46-39-31)32(42)40(33-36-22(2)38-41(30)33)25-14-16-26(17-15-25)45-21-35(44)18-6-19-35;;/h4-5,8-13,25-26,44H,3,6-7,14-21H2,1-2H3,(H,37,39,43);;/q;+1;-1. The minimum atomic E-state index is -0.651. The number of aryl methyl sites for hydroxylation is 2. The Kier molecular flexibility index (Phi) is 10.5. The molecule has 3 aromatic heterocycles. The molecule has 12 heteroatoms. The van der Waals surface area contributed by atoms with Crippen molar-refractivity contribution in [3.63, 3.8) is 0 Å². The minimum Gasteiger partial charge on any atom is -1.00 e. The molecule has 0 spiro atoms. The van der Waals surface area contributed by atoms with Gasteiger partial charge in [-0.2, -0.15) is 10.1 Å². The second-order valence-corrected chi connectivity index (χ2v) is 12.9. The molecule has 2 aromatic carbocycles. The molecule has 2 fully saturated rings. The number of fused-ring (bicyclic) bond motifs is 1. The van der Waals surface area contributed by atoms with E-state index in [0.29, 0.717) is 30.5 Å². The number of rotatable bonds is 10. The third-order valence-corrected chi connectivity index (χ3v) is 9.63. The van der Waals surface area contributed by atoms with Gasteiger partial charge in [0.1, 0.15) is 5.82 Å². The van der Waals surface area contributed by atoms with Crippen LogP contribution in [0.3, 0.4) is 0 Å². The predicted octanol–water partition coefficient (Wildman–Crippen LogP) is 2.28. The minimum absolute atomic E-state index is 0. The summed E-state index contributed by atoms with van der Waals surface area (Å²) in [5.41, 5.74) is 4.66. The number of hydrogen-bond donors (Lipinski definition) is 2. The number of nitrogens with zero attached hydrogens (tertiary/aromatic N) is 5. The van der Waals surface area contributed by atoms with Crippen LogP contribution in [0.1, 0.15) is 88.4 Å². The summed E-state index contributed by atoms with van der Waals surface area (Å²) in [4.78, 5) is 33.4. The average molecular weight is 665 g/mol. The van der Waals surface area contributed by atoms with Gasteiger partial charge in [0.25, 0.3) is 5.56 Å². The van der Waals surface area contributed by atoms with Crippen molar-refractivity contribution in [1.82, 2.24) is 29.3 Å². The molecule has 2 N–H and O–H groups in total. The van der Waals surface area contributed by atoms with Gasteiger partial charge in [0.15, 0.2) is 5.82 Å². The summed E-state index contributed by atoms with van der Waals surface area (Å²) < 4.78 is 14.6. The number of ether oxygens (including phenoxy) is 1. The molecule has 0 unspecified atom stereocenters. The molecule has 0 radical (unpaired) electrons. The molecule has 7 rings (SSSR count). The average Bonchev–Trinajstić information content (AvgIpc) is 3.66. The van der Waals surface area contributed by atoms with Crippen LogP contribution in [0.15, 0.2) is 62.6 Å². The van der Waals surface area contributed by atoms with Crippen molar-refractivity contribution in [3.05, 3.63) is 92.1 Å². The third-order valence-electron chi connectivity index (χ3n) is 9.63. The first-order chi connectivity index (χ1) is 22.3. The molecule has 2 aliphatic rings. The summed E-state index contributed by atoms with van der Waals surface area (Å²) in [7, 11) is 0. The monoisotopic (exact) mass is 664 g/mol. The van der Waals surface area contributed by atoms with Gasteiger partial charge in [-0.05, 0) is 75.0 Å². The van der Waals surface area contributed by atoms with Crippen molar-refractivity contribution in [2.75, 3.05) is 6.61 Å². The number of aromatic amines is 1. The molecule has 2 saturated carbocycles. The number of aromatic nitrogens is 6. The molecule has 0 bridgehead atoms. The molecule has 0 aliphatic heterocycles. The maximum Gasteiger partial charge on any atom is 1.00 e. The first-order valence-corrected chi connectivity index (χ1v) is 16.4. The van der Waals surface area contributed by atoms with Crippen LogP contribution in [-0.2, 0) is 17.6 Å². The fraction of sp³-hybridized carbons (Fsp3) is 0.457. The number of nitrogens with one attached hydrogen (secondary N) is 1. The SMILES string of the molecule is CCCc1c(Cc2ccc(-c3ccccc3-c3noc(=O)[nH]3)cc2)c(=O)n(C2CCC(OCC3(O)CCC3)CC2)c2nc(C)nn12.[H-].[K+]. The van der Waals surface area contributed by atoms with Crippen LogP contribution in [0.2, 0.25) is 0 Å². The zero-order chi connectivity index (χ0) is 31.8. The Bertz CT molecular complexity index is 1970. The van der Waals surface area contributed by atoms with E-state index >= 15 is 0 Å². The summed E-state index contributed by atoms with van der Waals surface area (Å²) in [5.74, 6) is 1.03. The molecule has 0 amide bonds. The van der Waals surface area contributed by atoms with Gasteiger partial charge in [-0.25, -0.2) is 9.31 Å². The quantitative estimate of drug-likeness (QED) is 0.217. The summed E-state index contributed by atoms with van der Waals surface area (Å²) in [5, 5.41) is 19.1. The summed E-state index contributed by atoms with van der Waals surface area (Å²) in [6.45, 7) is 4.38. The summed E-state index contributed by atoms with van der Waals surface area (Å²) in [6.07, 6.45) is 8.14. The van der Waals surface area contributed by atoms with Crippen LogP contribution >= 0.6 is 0 Å². The molecule has 11 nitrogen and oxygen atoms in total. The van der Waals surface area contributed by atoms with Crippen molar-refractivity contribution < 1.29 is 67.2 Å². The normalized spacial score (nSPS) is 19.0. The molecule has 5 aromatic rings. The Labute approximate surface area is 316 Å². The smallest absolute Gasteiger partial charge is 1.00 e. The summed E-state index contributed by atoms with van der Waals surface area (Å²) in [6, 6.07) is 15.9. The largest absolute Gasteiger partial charge is 1.00 e. The zero-order valence-corrected chi connectivity index (χ0v) is 30.5. The van der Waals surface area contributed by atoms with E-state index in [9.17, 15) is 14.7 Å². The Morgan fingerprint density at radius 1 is 1.06 bits per heavy atom. The first-order valence-electron chi connectivity index (χ1n) is 16.4. The molecule has 3 heterocycles. The van der Waals surface area contributed by atoms with Gasteiger partial charge >= 0.3 is 57.1 Å². The molecule has 2 aliphatic carbocycles. The van der Waals surface area contributed by atoms with Crippen LogP contribution in [0.25, 0.3) is 28.3 Å². The Balaban J connectivity index is 0.00000225. The molecule has 0 atom stereocenters. The van der Waals surface area contributed by atoms with Gasteiger partial charge in [-0.3, -0.25) is 18.9 Å². The predicted molar refractivity (Wildman–Crippen MR) is 174 cm³/mol. The van der Waals surface area contributed by atoms with Gasteiger partial charge in [0, 0.05) is 23.6 Å². The maximum atomic E-state index is 14.4. The number of hydrogen-bond acceptors (Lipinski definition) is 8. The van der Waals surface area contributed by atoms with E-state index in [2.05, 4.69) is 17.1 Å². The molecular formula is C35H41KN6O5. The van der Waals surface area contributed by atoms with Gasteiger partial charge < -0.3 is 11.3 Å². The molecule has 0 saturated heterocycles. The topological polar surface area (TPSA) is 141 Å². The Morgan fingerprint density at radius 2 is 1.79 bits per heavy atom. The molecular weight excluding hydrogens is 624 g/mol. The number of aliphatic hydroxyl groups is 1. The Morgan fingerprint density at radius 3 is 2.43 bits per heavy atom. The van der Waals surface area contributed by atoms with Gasteiger partial charge in [-0.1, -0.05) is 67.0 Å².